The van der Waals surface area contributed by atoms with E-state index in [1.165, 1.54) is 0 Å². The number of ether oxygens (including phenoxy) is 2. The molecule has 2 N–H and O–H groups in total. The van der Waals surface area contributed by atoms with Gasteiger partial charge >= 0.3 is 5.97 Å². The molecule has 0 amide bonds. The zero-order valence-electron chi connectivity index (χ0n) is 13.9. The highest BCUT2D eigenvalue weighted by Gasteiger charge is 2.40. The molecule has 0 spiro atoms. The summed E-state index contributed by atoms with van der Waals surface area (Å²) in [5.74, 6) is -0.255. The van der Waals surface area contributed by atoms with Crippen molar-refractivity contribution >= 4 is 5.97 Å². The zero-order valence-corrected chi connectivity index (χ0v) is 13.9. The smallest absolute Gasteiger partial charge is 0.308 e. The van der Waals surface area contributed by atoms with Gasteiger partial charge in [0.2, 0.25) is 0 Å². The van der Waals surface area contributed by atoms with Crippen molar-refractivity contribution in [2.45, 2.75) is 96.1 Å². The van der Waals surface area contributed by atoms with E-state index in [9.17, 15) is 15.0 Å². The summed E-state index contributed by atoms with van der Waals surface area (Å²) < 4.78 is 9.93. The molecule has 5 nitrogen and oxygen atoms in total. The normalized spacial score (nSPS) is 28.0. The lowest BCUT2D eigenvalue weighted by Crippen LogP contribution is -2.32. The first-order valence-electron chi connectivity index (χ1n) is 8.59. The molecule has 0 unspecified atom stereocenters. The molecule has 0 saturated carbocycles. The van der Waals surface area contributed by atoms with Gasteiger partial charge in [0.05, 0.1) is 18.6 Å². The van der Waals surface area contributed by atoms with Crippen LogP contribution in [-0.2, 0) is 14.3 Å². The molecule has 2 aliphatic rings. The van der Waals surface area contributed by atoms with Crippen LogP contribution in [0.3, 0.4) is 0 Å². The van der Waals surface area contributed by atoms with E-state index in [4.69, 9.17) is 9.47 Å². The fourth-order valence-electron chi connectivity index (χ4n) is 2.46. The summed E-state index contributed by atoms with van der Waals surface area (Å²) in [6.07, 6.45) is 7.41. The molecule has 128 valence electrons. The minimum Gasteiger partial charge on any atom is -0.462 e. The molecule has 0 bridgehead atoms. The Balaban J connectivity index is 0.000000224. The Morgan fingerprint density at radius 3 is 2.55 bits per heavy atom. The molecule has 0 aromatic heterocycles. The Labute approximate surface area is 134 Å². The maximum atomic E-state index is 10.9. The molecule has 2 aliphatic heterocycles. The van der Waals surface area contributed by atoms with Crippen LogP contribution in [0.25, 0.3) is 0 Å². The number of hydrogen-bond donors (Lipinski definition) is 2. The Hall–Kier alpha value is -0.780. The van der Waals surface area contributed by atoms with E-state index in [2.05, 4.69) is 13.8 Å². The highest BCUT2D eigenvalue weighted by molar-refractivity contribution is 5.70. The van der Waals surface area contributed by atoms with Gasteiger partial charge in [-0.3, -0.25) is 4.79 Å². The standard InChI is InChI=1S/C9H16O3.C8H15O2/c1-2-3-4-8-5-7(10)6-9(11)12-8;1-2-3-4-7(9)5-8-6-10-8/h7-8,10H,2-6H2,1H3;6-9H,2-5H2,1H3/q;+1/t2*7-,8-/m11/s1. The fourth-order valence-corrected chi connectivity index (χ4v) is 2.46. The summed E-state index contributed by atoms with van der Waals surface area (Å²) in [6, 6.07) is 0. The highest BCUT2D eigenvalue weighted by atomic mass is 16.6. The first kappa shape index (κ1) is 19.3. The summed E-state index contributed by atoms with van der Waals surface area (Å²) in [4.78, 5) is 10.9. The number of carbonyl (C=O) groups excluding carboxylic acids is 1. The van der Waals surface area contributed by atoms with Crippen molar-refractivity contribution < 1.29 is 24.5 Å². The van der Waals surface area contributed by atoms with E-state index in [0.29, 0.717) is 6.42 Å². The highest BCUT2D eigenvalue weighted by Crippen LogP contribution is 2.22. The van der Waals surface area contributed by atoms with Crippen LogP contribution in [0.5, 0.6) is 0 Å². The minimum absolute atomic E-state index is 0.0406. The summed E-state index contributed by atoms with van der Waals surface area (Å²) in [6.45, 7) is 6.00. The van der Waals surface area contributed by atoms with Crippen molar-refractivity contribution in [3.05, 3.63) is 6.61 Å². The van der Waals surface area contributed by atoms with E-state index < -0.39 is 6.10 Å². The predicted molar refractivity (Wildman–Crippen MR) is 84.0 cm³/mol. The number of cyclic esters (lactones) is 1. The number of rotatable bonds is 8. The molecule has 0 radical (unpaired) electrons. The van der Waals surface area contributed by atoms with Crippen LogP contribution in [-0.4, -0.2) is 40.6 Å². The average molecular weight is 315 g/mol. The molecule has 22 heavy (non-hydrogen) atoms. The number of aliphatic hydroxyl groups is 2. The SMILES string of the molecule is CCCC[C@@H](O)C[C@@H]1[CH+]O1.CCCC[C@@H]1C[C@@H](O)CC(=O)O1. The Morgan fingerprint density at radius 2 is 2.00 bits per heavy atom. The quantitative estimate of drug-likeness (QED) is 0.409. The van der Waals surface area contributed by atoms with Gasteiger partial charge in [0, 0.05) is 12.8 Å². The van der Waals surface area contributed by atoms with Gasteiger partial charge in [-0.05, 0) is 12.8 Å². The second-order valence-electron chi connectivity index (χ2n) is 6.19. The summed E-state index contributed by atoms with van der Waals surface area (Å²) in [5.41, 5.74) is 0. The summed E-state index contributed by atoms with van der Waals surface area (Å²) in [5, 5.41) is 18.5. The van der Waals surface area contributed by atoms with Crippen molar-refractivity contribution in [1.29, 1.82) is 0 Å². The molecule has 0 aromatic rings. The molecule has 5 heteroatoms. The lowest BCUT2D eigenvalue weighted by atomic mass is 10.0. The van der Waals surface area contributed by atoms with Gasteiger partial charge in [0.15, 0.2) is 0 Å². The molecule has 4 atom stereocenters. The molecular formula is C17H31O5+. The third kappa shape index (κ3) is 9.28. The van der Waals surface area contributed by atoms with Crippen LogP contribution < -0.4 is 0 Å². The first-order chi connectivity index (χ1) is 10.5. The molecule has 2 saturated heterocycles. The maximum Gasteiger partial charge on any atom is 0.308 e. The lowest BCUT2D eigenvalue weighted by molar-refractivity contribution is -0.160. The zero-order chi connectivity index (χ0) is 16.4. The van der Waals surface area contributed by atoms with Gasteiger partial charge in [-0.25, -0.2) is 0 Å². The van der Waals surface area contributed by atoms with E-state index in [1.54, 1.807) is 6.61 Å². The van der Waals surface area contributed by atoms with Crippen LogP contribution in [0.1, 0.15) is 71.6 Å². The Bertz CT molecular complexity index is 303. The number of unbranched alkanes of at least 4 members (excludes halogenated alkanes) is 2. The first-order valence-corrected chi connectivity index (χ1v) is 8.59. The number of hydrogen-bond acceptors (Lipinski definition) is 5. The van der Waals surface area contributed by atoms with Gasteiger partial charge in [-0.15, -0.1) is 4.74 Å². The monoisotopic (exact) mass is 315 g/mol. The van der Waals surface area contributed by atoms with Crippen LogP contribution in [0, 0.1) is 6.61 Å². The Kier molecular flexibility index (Phi) is 9.52. The predicted octanol–water partition coefficient (Wildman–Crippen LogP) is 2.73. The fraction of sp³-hybridized carbons (Fsp3) is 0.882. The second kappa shape index (κ2) is 10.9. The van der Waals surface area contributed by atoms with E-state index in [1.807, 2.05) is 0 Å². The van der Waals surface area contributed by atoms with Crippen molar-refractivity contribution in [2.75, 3.05) is 0 Å². The van der Waals surface area contributed by atoms with Crippen LogP contribution in [0.2, 0.25) is 0 Å². The molecule has 2 heterocycles. The third-order valence-electron chi connectivity index (χ3n) is 3.84. The van der Waals surface area contributed by atoms with Crippen molar-refractivity contribution in [1.82, 2.24) is 0 Å². The molecule has 2 rings (SSSR count). The van der Waals surface area contributed by atoms with Crippen molar-refractivity contribution in [3.8, 4) is 0 Å². The van der Waals surface area contributed by atoms with Gasteiger partial charge < -0.3 is 14.9 Å². The summed E-state index contributed by atoms with van der Waals surface area (Å²) >= 11 is 0. The number of epoxide rings is 1. The topological polar surface area (TPSA) is 79.3 Å². The second-order valence-corrected chi connectivity index (χ2v) is 6.19. The minimum atomic E-state index is -0.479. The number of carbonyl (C=O) groups is 1. The summed E-state index contributed by atoms with van der Waals surface area (Å²) in [7, 11) is 0. The number of aliphatic hydroxyl groups excluding tert-OH is 2. The molecule has 0 aromatic carbocycles. The lowest BCUT2D eigenvalue weighted by Gasteiger charge is -2.25. The van der Waals surface area contributed by atoms with Crippen LogP contribution in [0.4, 0.5) is 0 Å². The number of esters is 1. The largest absolute Gasteiger partial charge is 0.462 e. The maximum absolute atomic E-state index is 10.9. The van der Waals surface area contributed by atoms with Crippen molar-refractivity contribution in [2.24, 2.45) is 0 Å². The average Bonchev–Trinajstić information content (AvgIpc) is 3.26. The Morgan fingerprint density at radius 1 is 1.32 bits per heavy atom. The van der Waals surface area contributed by atoms with E-state index in [-0.39, 0.29) is 30.7 Å². The van der Waals surface area contributed by atoms with Crippen molar-refractivity contribution in [3.63, 3.8) is 0 Å². The van der Waals surface area contributed by atoms with Crippen LogP contribution in [0.15, 0.2) is 0 Å². The van der Waals surface area contributed by atoms with Crippen LogP contribution >= 0.6 is 0 Å². The van der Waals surface area contributed by atoms with Gasteiger partial charge in [0.1, 0.15) is 6.10 Å². The molecule has 2 fully saturated rings. The molecular weight excluding hydrogens is 284 g/mol. The van der Waals surface area contributed by atoms with Gasteiger partial charge in [-0.1, -0.05) is 39.5 Å². The third-order valence-corrected chi connectivity index (χ3v) is 3.84. The van der Waals surface area contributed by atoms with Gasteiger partial charge in [-0.2, -0.15) is 0 Å². The molecule has 0 aliphatic carbocycles. The van der Waals surface area contributed by atoms with E-state index >= 15 is 0 Å². The van der Waals surface area contributed by atoms with E-state index in [0.717, 1.165) is 44.9 Å². The van der Waals surface area contributed by atoms with Gasteiger partial charge in [0.25, 0.3) is 12.7 Å².